The molecule has 0 aromatic heterocycles. The molecule has 5 rings (SSSR count). The Hall–Kier alpha value is -2.11. The molecule has 28 heavy (non-hydrogen) atoms. The van der Waals surface area contributed by atoms with Crippen molar-refractivity contribution in [1.29, 1.82) is 0 Å². The van der Waals surface area contributed by atoms with Crippen LogP contribution in [0, 0.1) is 0 Å². The van der Waals surface area contributed by atoms with Gasteiger partial charge in [0.2, 0.25) is 0 Å². The number of carboxylic acid groups (broad SMARTS) is 1. The summed E-state index contributed by atoms with van der Waals surface area (Å²) in [7, 11) is 0. The lowest BCUT2D eigenvalue weighted by atomic mass is 9.87. The molecule has 2 aromatic carbocycles. The fraction of sp³-hybridized carbons (Fsp3) is 0.381. The van der Waals surface area contributed by atoms with Gasteiger partial charge in [0.25, 0.3) is 0 Å². The van der Waals surface area contributed by atoms with Crippen molar-refractivity contribution in [2.45, 2.75) is 24.8 Å². The van der Waals surface area contributed by atoms with Crippen molar-refractivity contribution in [3.05, 3.63) is 45.9 Å². The van der Waals surface area contributed by atoms with Gasteiger partial charge >= 0.3 is 6.09 Å². The summed E-state index contributed by atoms with van der Waals surface area (Å²) in [6.07, 6.45) is 1.10. The minimum absolute atomic E-state index is 0.185. The number of hydrogen-bond acceptors (Lipinski definition) is 3. The van der Waals surface area contributed by atoms with Crippen LogP contribution in [-0.2, 0) is 0 Å². The Morgan fingerprint density at radius 3 is 2.82 bits per heavy atom. The third kappa shape index (κ3) is 2.80. The van der Waals surface area contributed by atoms with E-state index in [1.54, 1.807) is 11.0 Å². The summed E-state index contributed by atoms with van der Waals surface area (Å²) in [6, 6.07) is 10.3. The highest BCUT2D eigenvalue weighted by Gasteiger charge is 2.44. The van der Waals surface area contributed by atoms with Crippen LogP contribution in [-0.4, -0.2) is 48.3 Å². The quantitative estimate of drug-likeness (QED) is 0.674. The first kappa shape index (κ1) is 18.0. The first-order chi connectivity index (χ1) is 13.5. The van der Waals surface area contributed by atoms with E-state index in [1.165, 1.54) is 11.3 Å². The second kappa shape index (κ2) is 6.75. The predicted octanol–water partition coefficient (Wildman–Crippen LogP) is 5.13. The molecule has 1 amide bonds. The number of amides is 1. The van der Waals surface area contributed by atoms with E-state index in [4.69, 9.17) is 23.2 Å². The molecule has 0 saturated carbocycles. The number of carbonyl (C=O) groups is 1. The molecule has 2 N–H and O–H groups in total. The van der Waals surface area contributed by atoms with Gasteiger partial charge in [0.05, 0.1) is 11.4 Å². The monoisotopic (exact) mass is 417 g/mol. The molecular formula is C21H21Cl2N3O2. The van der Waals surface area contributed by atoms with Gasteiger partial charge in [-0.2, -0.15) is 0 Å². The average molecular weight is 418 g/mol. The van der Waals surface area contributed by atoms with Crippen molar-refractivity contribution in [1.82, 2.24) is 4.90 Å². The third-order valence-electron chi connectivity index (χ3n) is 6.21. The van der Waals surface area contributed by atoms with E-state index in [0.717, 1.165) is 42.7 Å². The van der Waals surface area contributed by atoms with E-state index in [9.17, 15) is 9.90 Å². The number of piperidine rings is 1. The number of halogens is 2. The SMILES string of the molecule is O=C(O)N1CC[C@H]2[C@@H](C1)c1cc(-c3ccc(Cl)cc3Cl)cc3c1N2CCCN3. The van der Waals surface area contributed by atoms with Crippen LogP contribution in [0.1, 0.15) is 24.3 Å². The van der Waals surface area contributed by atoms with Crippen LogP contribution in [0.3, 0.4) is 0 Å². The summed E-state index contributed by atoms with van der Waals surface area (Å²) >= 11 is 12.6. The minimum Gasteiger partial charge on any atom is -0.465 e. The van der Waals surface area contributed by atoms with Crippen molar-refractivity contribution in [2.75, 3.05) is 36.4 Å². The molecular weight excluding hydrogens is 397 g/mol. The highest BCUT2D eigenvalue weighted by molar-refractivity contribution is 6.36. The van der Waals surface area contributed by atoms with Crippen molar-refractivity contribution < 1.29 is 9.90 Å². The largest absolute Gasteiger partial charge is 0.465 e. The lowest BCUT2D eigenvalue weighted by molar-refractivity contribution is 0.127. The molecule has 1 saturated heterocycles. The van der Waals surface area contributed by atoms with Gasteiger partial charge in [-0.05, 0) is 48.2 Å². The molecule has 7 heteroatoms. The van der Waals surface area contributed by atoms with Crippen molar-refractivity contribution in [2.24, 2.45) is 0 Å². The lowest BCUT2D eigenvalue weighted by Crippen LogP contribution is -2.48. The second-order valence-electron chi connectivity index (χ2n) is 7.75. The van der Waals surface area contributed by atoms with Crippen LogP contribution >= 0.6 is 23.2 Å². The first-order valence-corrected chi connectivity index (χ1v) is 10.4. The lowest BCUT2D eigenvalue weighted by Gasteiger charge is -2.37. The predicted molar refractivity (Wildman–Crippen MR) is 113 cm³/mol. The topological polar surface area (TPSA) is 55.8 Å². The molecule has 3 aliphatic heterocycles. The zero-order valence-electron chi connectivity index (χ0n) is 15.3. The molecule has 0 radical (unpaired) electrons. The summed E-state index contributed by atoms with van der Waals surface area (Å²) in [4.78, 5) is 15.6. The van der Waals surface area contributed by atoms with E-state index < -0.39 is 6.09 Å². The van der Waals surface area contributed by atoms with Crippen molar-refractivity contribution in [3.8, 4) is 11.1 Å². The molecule has 0 bridgehead atoms. The number of benzene rings is 2. The molecule has 3 aliphatic rings. The molecule has 2 aromatic rings. The Labute approximate surface area is 173 Å². The number of nitrogens with one attached hydrogen (secondary N) is 1. The van der Waals surface area contributed by atoms with Crippen LogP contribution in [0.4, 0.5) is 16.2 Å². The Morgan fingerprint density at radius 1 is 1.18 bits per heavy atom. The van der Waals surface area contributed by atoms with Gasteiger partial charge in [-0.15, -0.1) is 0 Å². The maximum Gasteiger partial charge on any atom is 0.407 e. The first-order valence-electron chi connectivity index (χ1n) is 9.64. The molecule has 0 unspecified atom stereocenters. The van der Waals surface area contributed by atoms with E-state index in [0.29, 0.717) is 29.2 Å². The summed E-state index contributed by atoms with van der Waals surface area (Å²) in [5.41, 5.74) is 5.57. The zero-order chi connectivity index (χ0) is 19.4. The molecule has 2 atom stereocenters. The van der Waals surface area contributed by atoms with Crippen LogP contribution in [0.5, 0.6) is 0 Å². The van der Waals surface area contributed by atoms with E-state index in [2.05, 4.69) is 22.3 Å². The number of nitrogens with zero attached hydrogens (tertiary/aromatic N) is 2. The highest BCUT2D eigenvalue weighted by atomic mass is 35.5. The van der Waals surface area contributed by atoms with E-state index in [-0.39, 0.29) is 5.92 Å². The van der Waals surface area contributed by atoms with E-state index >= 15 is 0 Å². The molecule has 0 aliphatic carbocycles. The molecule has 0 spiro atoms. The summed E-state index contributed by atoms with van der Waals surface area (Å²) < 4.78 is 0. The van der Waals surface area contributed by atoms with Crippen molar-refractivity contribution >= 4 is 40.7 Å². The molecule has 3 heterocycles. The van der Waals surface area contributed by atoms with Gasteiger partial charge in [0, 0.05) is 53.7 Å². The standard InChI is InChI=1S/C21H21Cl2N3O2/c22-13-2-3-14(17(23)10-13)12-8-15-16-11-25(21(27)28)7-4-19(16)26-6-1-5-24-18(9-12)20(15)26/h2-3,8-10,16,19,24H,1,4-7,11H2,(H,27,28)/t16-,19-/m0/s1. The summed E-state index contributed by atoms with van der Waals surface area (Å²) in [5.74, 6) is 0.185. The van der Waals surface area contributed by atoms with Gasteiger partial charge in [0.1, 0.15) is 0 Å². The normalized spacial score (nSPS) is 22.9. The Morgan fingerprint density at radius 2 is 2.04 bits per heavy atom. The van der Waals surface area contributed by atoms with Gasteiger partial charge in [-0.3, -0.25) is 0 Å². The number of anilines is 2. The van der Waals surface area contributed by atoms with Crippen LogP contribution < -0.4 is 10.2 Å². The highest BCUT2D eigenvalue weighted by Crippen LogP contribution is 2.51. The third-order valence-corrected chi connectivity index (χ3v) is 6.75. The second-order valence-corrected chi connectivity index (χ2v) is 8.59. The van der Waals surface area contributed by atoms with Crippen molar-refractivity contribution in [3.63, 3.8) is 0 Å². The Kier molecular flexibility index (Phi) is 4.33. The maximum atomic E-state index is 11.6. The van der Waals surface area contributed by atoms with Crippen LogP contribution in [0.2, 0.25) is 10.0 Å². The minimum atomic E-state index is -0.833. The zero-order valence-corrected chi connectivity index (χ0v) is 16.8. The Bertz CT molecular complexity index is 965. The van der Waals surface area contributed by atoms with Gasteiger partial charge in [0.15, 0.2) is 0 Å². The van der Waals surface area contributed by atoms with Gasteiger partial charge in [-0.1, -0.05) is 29.3 Å². The summed E-state index contributed by atoms with van der Waals surface area (Å²) in [6.45, 7) is 3.07. The number of rotatable bonds is 1. The van der Waals surface area contributed by atoms with E-state index in [1.807, 2.05) is 12.1 Å². The average Bonchev–Trinajstić information content (AvgIpc) is 2.82. The molecule has 1 fully saturated rings. The Balaban J connectivity index is 1.65. The fourth-order valence-electron chi connectivity index (χ4n) is 4.98. The fourth-order valence-corrected chi connectivity index (χ4v) is 5.50. The van der Waals surface area contributed by atoms with Gasteiger partial charge < -0.3 is 20.2 Å². The summed E-state index contributed by atoms with van der Waals surface area (Å²) in [5, 5.41) is 14.3. The van der Waals surface area contributed by atoms with Crippen LogP contribution in [0.15, 0.2) is 30.3 Å². The number of likely N-dealkylation sites (tertiary alicyclic amines) is 1. The smallest absolute Gasteiger partial charge is 0.407 e. The number of hydrogen-bond donors (Lipinski definition) is 2. The molecule has 146 valence electrons. The van der Waals surface area contributed by atoms with Crippen LogP contribution in [0.25, 0.3) is 11.1 Å². The maximum absolute atomic E-state index is 11.6. The van der Waals surface area contributed by atoms with Gasteiger partial charge in [-0.25, -0.2) is 4.79 Å². The number of fused-ring (bicyclic) bond motifs is 3. The molecule has 5 nitrogen and oxygen atoms in total.